The number of hydrogen-bond donors (Lipinski definition) is 1. The van der Waals surface area contributed by atoms with Crippen molar-refractivity contribution in [1.29, 1.82) is 10.5 Å². The summed E-state index contributed by atoms with van der Waals surface area (Å²) in [5, 5.41) is 19.7. The van der Waals surface area contributed by atoms with E-state index >= 15 is 0 Å². The van der Waals surface area contributed by atoms with Crippen molar-refractivity contribution < 1.29 is 9.63 Å². The summed E-state index contributed by atoms with van der Waals surface area (Å²) in [5.41, 5.74) is 5.96. The Morgan fingerprint density at radius 2 is 2.10 bits per heavy atom. The van der Waals surface area contributed by atoms with Gasteiger partial charge in [-0.3, -0.25) is 9.63 Å². The maximum absolute atomic E-state index is 11.1. The number of primary amides is 1. The number of carbonyl (C=O) groups is 1. The predicted octanol–water partition coefficient (Wildman–Crippen LogP) is 1.25. The van der Waals surface area contributed by atoms with Crippen LogP contribution in [0.2, 0.25) is 0 Å². The number of benzene rings is 1. The van der Waals surface area contributed by atoms with Crippen molar-refractivity contribution in [2.24, 2.45) is 11.7 Å². The maximum Gasteiger partial charge on any atom is 0.234 e. The van der Waals surface area contributed by atoms with Gasteiger partial charge in [0.1, 0.15) is 12.5 Å². The number of nitriles is 2. The van der Waals surface area contributed by atoms with Gasteiger partial charge in [0.15, 0.2) is 6.10 Å². The molecule has 1 saturated heterocycles. The molecule has 1 aliphatic heterocycles. The highest BCUT2D eigenvalue weighted by Gasteiger charge is 2.45. The molecule has 0 spiro atoms. The molecular formula is C13H11BrN4O2. The molecule has 1 amide bonds. The Balaban J connectivity index is 2.44. The van der Waals surface area contributed by atoms with E-state index in [2.05, 4.69) is 22.0 Å². The van der Waals surface area contributed by atoms with Gasteiger partial charge < -0.3 is 5.73 Å². The van der Waals surface area contributed by atoms with E-state index in [0.29, 0.717) is 0 Å². The maximum atomic E-state index is 11.1. The van der Waals surface area contributed by atoms with Gasteiger partial charge in [-0.15, -0.1) is 0 Å². The molecule has 0 aromatic heterocycles. The summed E-state index contributed by atoms with van der Waals surface area (Å²) in [6.07, 6.45) is -0.920. The highest BCUT2D eigenvalue weighted by atomic mass is 79.9. The molecule has 0 aliphatic carbocycles. The first-order valence-corrected chi connectivity index (χ1v) is 6.63. The Morgan fingerprint density at radius 3 is 2.65 bits per heavy atom. The largest absolute Gasteiger partial charge is 0.368 e. The van der Waals surface area contributed by atoms with Gasteiger partial charge in [0.25, 0.3) is 0 Å². The highest BCUT2D eigenvalue weighted by molar-refractivity contribution is 9.10. The van der Waals surface area contributed by atoms with Crippen LogP contribution in [0, 0.1) is 28.6 Å². The van der Waals surface area contributed by atoms with Crippen LogP contribution in [0.3, 0.4) is 0 Å². The van der Waals surface area contributed by atoms with Crippen LogP contribution in [0.15, 0.2) is 28.7 Å². The number of amides is 1. The van der Waals surface area contributed by atoms with Gasteiger partial charge in [-0.2, -0.15) is 15.6 Å². The third-order valence-electron chi connectivity index (χ3n) is 3.04. The molecule has 2 rings (SSSR count). The van der Waals surface area contributed by atoms with Crippen LogP contribution in [0.4, 0.5) is 0 Å². The minimum absolute atomic E-state index is 0.178. The number of rotatable bonds is 3. The van der Waals surface area contributed by atoms with Crippen LogP contribution in [0.25, 0.3) is 0 Å². The average Bonchev–Trinajstić information content (AvgIpc) is 2.76. The van der Waals surface area contributed by atoms with Gasteiger partial charge in [-0.05, 0) is 11.6 Å². The number of nitrogens with two attached hydrogens (primary N) is 1. The molecule has 6 nitrogen and oxygen atoms in total. The summed E-state index contributed by atoms with van der Waals surface area (Å²) in [6, 6.07) is 10.8. The van der Waals surface area contributed by atoms with E-state index in [1.54, 1.807) is 0 Å². The summed E-state index contributed by atoms with van der Waals surface area (Å²) < 4.78 is 0.780. The fraction of sp³-hybridized carbons (Fsp3) is 0.308. The van der Waals surface area contributed by atoms with Crippen LogP contribution in [0.1, 0.15) is 11.6 Å². The topological polar surface area (TPSA) is 103 Å². The lowest BCUT2D eigenvalue weighted by Gasteiger charge is -2.23. The number of nitrogens with zero attached hydrogens (tertiary/aromatic N) is 3. The first-order valence-electron chi connectivity index (χ1n) is 5.84. The molecular weight excluding hydrogens is 324 g/mol. The normalized spacial score (nSPS) is 25.9. The van der Waals surface area contributed by atoms with Crippen molar-refractivity contribution in [3.8, 4) is 12.1 Å². The Kier molecular flexibility index (Phi) is 4.35. The second-order valence-corrected chi connectivity index (χ2v) is 5.17. The quantitative estimate of drug-likeness (QED) is 0.895. The number of hydroxylamine groups is 2. The van der Waals surface area contributed by atoms with Crippen LogP contribution < -0.4 is 5.73 Å². The lowest BCUT2D eigenvalue weighted by Crippen LogP contribution is -2.33. The van der Waals surface area contributed by atoms with Crippen LogP contribution in [0.5, 0.6) is 0 Å². The summed E-state index contributed by atoms with van der Waals surface area (Å²) in [6.45, 7) is -0.178. The molecule has 1 aromatic carbocycles. The molecule has 1 aliphatic rings. The Morgan fingerprint density at radius 1 is 1.40 bits per heavy atom. The molecule has 3 unspecified atom stereocenters. The van der Waals surface area contributed by atoms with Gasteiger partial charge in [-0.25, -0.2) is 0 Å². The fourth-order valence-corrected chi connectivity index (χ4v) is 2.74. The van der Waals surface area contributed by atoms with Gasteiger partial charge in [-0.1, -0.05) is 34.1 Å². The monoisotopic (exact) mass is 334 g/mol. The van der Waals surface area contributed by atoms with Crippen LogP contribution in [-0.4, -0.2) is 23.6 Å². The Hall–Kier alpha value is -1.93. The molecule has 20 heavy (non-hydrogen) atoms. The SMILES string of the molecule is N#CC1ON(CC(N)=O)C(c2ccccc2Br)C1C#N. The Bertz CT molecular complexity index is 607. The molecule has 3 atom stereocenters. The van der Waals surface area contributed by atoms with E-state index in [0.717, 1.165) is 10.0 Å². The standard InChI is InChI=1S/C13H11BrN4O2/c14-10-4-2-1-3-8(10)13-9(5-15)11(6-16)20-18(13)7-12(17)19/h1-4,9,11,13H,7H2,(H2,17,19). The summed E-state index contributed by atoms with van der Waals surface area (Å²) in [5.74, 6) is -1.28. The van der Waals surface area contributed by atoms with Crippen molar-refractivity contribution in [2.45, 2.75) is 12.1 Å². The van der Waals surface area contributed by atoms with E-state index in [1.807, 2.05) is 30.3 Å². The molecule has 102 valence electrons. The summed E-state index contributed by atoms with van der Waals surface area (Å²) in [4.78, 5) is 16.5. The number of halogens is 1. The fourth-order valence-electron chi connectivity index (χ4n) is 2.22. The van der Waals surface area contributed by atoms with Gasteiger partial charge in [0, 0.05) is 4.47 Å². The van der Waals surface area contributed by atoms with E-state index in [9.17, 15) is 10.1 Å². The zero-order valence-corrected chi connectivity index (χ0v) is 11.9. The number of carbonyl (C=O) groups excluding carboxylic acids is 1. The van der Waals surface area contributed by atoms with Gasteiger partial charge in [0.05, 0.1) is 18.2 Å². The highest BCUT2D eigenvalue weighted by Crippen LogP contribution is 2.41. The lowest BCUT2D eigenvalue weighted by atomic mass is 9.91. The molecule has 0 bridgehead atoms. The summed E-state index contributed by atoms with van der Waals surface area (Å²) in [7, 11) is 0. The van der Waals surface area contributed by atoms with E-state index in [1.165, 1.54) is 5.06 Å². The minimum atomic E-state index is -0.920. The molecule has 0 radical (unpaired) electrons. The van der Waals surface area contributed by atoms with Crippen molar-refractivity contribution in [2.75, 3.05) is 6.54 Å². The average molecular weight is 335 g/mol. The summed E-state index contributed by atoms with van der Waals surface area (Å²) >= 11 is 3.41. The predicted molar refractivity (Wildman–Crippen MR) is 72.4 cm³/mol. The first kappa shape index (κ1) is 14.5. The molecule has 1 aromatic rings. The van der Waals surface area contributed by atoms with Crippen LogP contribution in [-0.2, 0) is 9.63 Å². The molecule has 0 saturated carbocycles. The van der Waals surface area contributed by atoms with E-state index in [4.69, 9.17) is 15.8 Å². The third kappa shape index (κ3) is 2.66. The van der Waals surface area contributed by atoms with Crippen molar-refractivity contribution in [3.63, 3.8) is 0 Å². The van der Waals surface area contributed by atoms with E-state index < -0.39 is 24.0 Å². The van der Waals surface area contributed by atoms with Gasteiger partial charge >= 0.3 is 0 Å². The van der Waals surface area contributed by atoms with Crippen molar-refractivity contribution in [3.05, 3.63) is 34.3 Å². The van der Waals surface area contributed by atoms with Crippen molar-refractivity contribution >= 4 is 21.8 Å². The molecule has 7 heteroatoms. The number of hydrogen-bond acceptors (Lipinski definition) is 5. The molecule has 1 heterocycles. The van der Waals surface area contributed by atoms with Crippen LogP contribution >= 0.6 is 15.9 Å². The minimum Gasteiger partial charge on any atom is -0.368 e. The second-order valence-electron chi connectivity index (χ2n) is 4.32. The second kappa shape index (κ2) is 6.02. The first-order chi connectivity index (χ1) is 9.58. The van der Waals surface area contributed by atoms with E-state index in [-0.39, 0.29) is 6.54 Å². The zero-order valence-electron chi connectivity index (χ0n) is 10.4. The third-order valence-corrected chi connectivity index (χ3v) is 3.76. The van der Waals surface area contributed by atoms with Gasteiger partial charge in [0.2, 0.25) is 5.91 Å². The smallest absolute Gasteiger partial charge is 0.234 e. The molecule has 1 fully saturated rings. The lowest BCUT2D eigenvalue weighted by molar-refractivity contribution is -0.160. The van der Waals surface area contributed by atoms with Crippen molar-refractivity contribution in [1.82, 2.24) is 5.06 Å². The zero-order chi connectivity index (χ0) is 14.7. The molecule has 2 N–H and O–H groups in total. The Labute approximate surface area is 124 Å².